The summed E-state index contributed by atoms with van der Waals surface area (Å²) >= 11 is 0. The van der Waals surface area contributed by atoms with Crippen LogP contribution in [0.4, 0.5) is 0 Å². The van der Waals surface area contributed by atoms with E-state index in [0.29, 0.717) is 22.6 Å². The van der Waals surface area contributed by atoms with Gasteiger partial charge in [0, 0.05) is 42.2 Å². The molecule has 0 fully saturated rings. The van der Waals surface area contributed by atoms with Gasteiger partial charge in [0.2, 0.25) is 5.71 Å². The topological polar surface area (TPSA) is 78.0 Å². The van der Waals surface area contributed by atoms with Crippen LogP contribution in [0.2, 0.25) is 0 Å². The van der Waals surface area contributed by atoms with Gasteiger partial charge in [-0.3, -0.25) is 14.6 Å². The van der Waals surface area contributed by atoms with Gasteiger partial charge in [0.25, 0.3) is 0 Å². The van der Waals surface area contributed by atoms with E-state index in [4.69, 9.17) is 4.42 Å². The molecule has 0 bridgehead atoms. The van der Waals surface area contributed by atoms with Crippen LogP contribution in [0.15, 0.2) is 77.0 Å². The second-order valence-electron chi connectivity index (χ2n) is 7.54. The van der Waals surface area contributed by atoms with Gasteiger partial charge in [-0.1, -0.05) is 24.3 Å². The number of aryl methyl sites for hydroxylation is 1. The minimum Gasteiger partial charge on any atom is -0.437 e. The molecule has 0 spiro atoms. The van der Waals surface area contributed by atoms with Gasteiger partial charge in [-0.15, -0.1) is 0 Å². The largest absolute Gasteiger partial charge is 0.437 e. The van der Waals surface area contributed by atoms with Crippen LogP contribution in [0.3, 0.4) is 0 Å². The molecule has 0 unspecified atom stereocenters. The number of benzene rings is 2. The average Bonchev–Trinajstić information content (AvgIpc) is 3.41. The zero-order valence-corrected chi connectivity index (χ0v) is 16.5. The van der Waals surface area contributed by atoms with Crippen LogP contribution in [-0.4, -0.2) is 26.1 Å². The van der Waals surface area contributed by atoms with Crippen molar-refractivity contribution in [3.63, 3.8) is 0 Å². The van der Waals surface area contributed by atoms with Crippen LogP contribution in [0.1, 0.15) is 26.5 Å². The lowest BCUT2D eigenvalue weighted by atomic mass is 10.0. The summed E-state index contributed by atoms with van der Waals surface area (Å²) in [6, 6.07) is 16.8. The summed E-state index contributed by atoms with van der Waals surface area (Å²) in [5.74, 6) is 0.582. The Labute approximate surface area is 176 Å². The second kappa shape index (κ2) is 6.34. The molecule has 3 heterocycles. The Morgan fingerprint density at radius 2 is 1.65 bits per heavy atom. The van der Waals surface area contributed by atoms with Crippen molar-refractivity contribution in [2.45, 2.75) is 0 Å². The van der Waals surface area contributed by atoms with Crippen molar-refractivity contribution in [3.05, 3.63) is 89.5 Å². The van der Waals surface area contributed by atoms with E-state index in [-0.39, 0.29) is 17.1 Å². The van der Waals surface area contributed by atoms with Crippen molar-refractivity contribution in [2.75, 3.05) is 0 Å². The van der Waals surface area contributed by atoms with Gasteiger partial charge in [-0.2, -0.15) is 4.98 Å². The number of ketones is 2. The fourth-order valence-electron chi connectivity index (χ4n) is 4.10. The molecule has 3 aromatic heterocycles. The number of allylic oxidation sites excluding steroid dienone is 1. The predicted octanol–water partition coefficient (Wildman–Crippen LogP) is 4.84. The lowest BCUT2D eigenvalue weighted by molar-refractivity contribution is 0.0990. The van der Waals surface area contributed by atoms with Crippen LogP contribution in [-0.2, 0) is 7.05 Å². The molecule has 6 nitrogen and oxygen atoms in total. The molecule has 1 aliphatic rings. The van der Waals surface area contributed by atoms with E-state index < -0.39 is 0 Å². The van der Waals surface area contributed by atoms with Crippen LogP contribution in [0, 0.1) is 0 Å². The highest BCUT2D eigenvalue weighted by Crippen LogP contribution is 2.33. The fraction of sp³-hybridized carbons (Fsp3) is 0.0400. The maximum atomic E-state index is 13.0. The average molecular weight is 405 g/mol. The summed E-state index contributed by atoms with van der Waals surface area (Å²) in [6.07, 6.45) is 4.96. The highest BCUT2D eigenvalue weighted by Gasteiger charge is 2.33. The number of rotatable bonds is 2. The Morgan fingerprint density at radius 1 is 0.935 bits per heavy atom. The highest BCUT2D eigenvalue weighted by molar-refractivity contribution is 6.42. The SMILES string of the molecule is Cn1c(-c2cccnc2)nc2oc(C=C3C(=O)c4cc5ccccc5cc4C3=O)cc21. The van der Waals surface area contributed by atoms with Crippen LogP contribution < -0.4 is 0 Å². The number of carbonyl (C=O) groups excluding carboxylic acids is 2. The van der Waals surface area contributed by atoms with Crippen LogP contribution in [0.25, 0.3) is 39.5 Å². The summed E-state index contributed by atoms with van der Waals surface area (Å²) in [6.45, 7) is 0. The molecule has 2 aromatic carbocycles. The second-order valence-corrected chi connectivity index (χ2v) is 7.54. The highest BCUT2D eigenvalue weighted by atomic mass is 16.3. The minimum absolute atomic E-state index is 0.108. The molecule has 0 aliphatic heterocycles. The van der Waals surface area contributed by atoms with Gasteiger partial charge in [-0.05, 0) is 41.1 Å². The number of aromatic nitrogens is 3. The normalized spacial score (nSPS) is 13.4. The van der Waals surface area contributed by atoms with Crippen molar-refractivity contribution in [2.24, 2.45) is 7.05 Å². The number of nitrogens with zero attached hydrogens (tertiary/aromatic N) is 3. The molecular weight excluding hydrogens is 390 g/mol. The van der Waals surface area contributed by atoms with E-state index in [2.05, 4.69) is 9.97 Å². The lowest BCUT2D eigenvalue weighted by Gasteiger charge is -2.00. The lowest BCUT2D eigenvalue weighted by Crippen LogP contribution is -1.99. The number of pyridine rings is 1. The van der Waals surface area contributed by atoms with Crippen molar-refractivity contribution in [1.29, 1.82) is 0 Å². The molecule has 0 amide bonds. The van der Waals surface area contributed by atoms with E-state index >= 15 is 0 Å². The van der Waals surface area contributed by atoms with Gasteiger partial charge >= 0.3 is 0 Å². The third kappa shape index (κ3) is 2.58. The van der Waals surface area contributed by atoms with Crippen molar-refractivity contribution < 1.29 is 14.0 Å². The first-order chi connectivity index (χ1) is 15.1. The maximum absolute atomic E-state index is 13.0. The number of carbonyl (C=O) groups is 2. The molecule has 6 heteroatoms. The van der Waals surface area contributed by atoms with E-state index in [9.17, 15) is 9.59 Å². The minimum atomic E-state index is -0.282. The van der Waals surface area contributed by atoms with E-state index in [1.165, 1.54) is 6.08 Å². The maximum Gasteiger partial charge on any atom is 0.245 e. The molecule has 0 saturated heterocycles. The molecule has 148 valence electrons. The molecule has 0 N–H and O–H groups in total. The van der Waals surface area contributed by atoms with Gasteiger partial charge < -0.3 is 8.98 Å². The first-order valence-corrected chi connectivity index (χ1v) is 9.81. The summed E-state index contributed by atoms with van der Waals surface area (Å²) in [7, 11) is 1.89. The Bertz CT molecular complexity index is 1520. The van der Waals surface area contributed by atoms with Gasteiger partial charge in [0.05, 0.1) is 5.57 Å². The number of fused-ring (bicyclic) bond motifs is 3. The third-order valence-electron chi connectivity index (χ3n) is 5.67. The van der Waals surface area contributed by atoms with Crippen molar-refractivity contribution in [3.8, 4) is 11.4 Å². The molecule has 0 atom stereocenters. The van der Waals surface area contributed by atoms with Crippen molar-refractivity contribution >= 4 is 39.6 Å². The number of hydrogen-bond donors (Lipinski definition) is 0. The van der Waals surface area contributed by atoms with Gasteiger partial charge in [0.1, 0.15) is 17.1 Å². The standard InChI is InChI=1S/C25H15N3O3/c1-28-21-12-17(31-25(21)27-24(28)16-7-4-8-26-13-16)11-20-22(29)18-9-14-5-2-3-6-15(14)10-19(18)23(20)30/h2-13H,1H3. The first kappa shape index (κ1) is 17.5. The molecular formula is C25H15N3O3. The smallest absolute Gasteiger partial charge is 0.245 e. The van der Waals surface area contributed by atoms with E-state index in [0.717, 1.165) is 27.7 Å². The Balaban J connectivity index is 1.42. The molecule has 5 aromatic rings. The van der Waals surface area contributed by atoms with Gasteiger partial charge in [-0.25, -0.2) is 0 Å². The Hall–Kier alpha value is -4.32. The monoisotopic (exact) mass is 405 g/mol. The number of imidazole rings is 1. The first-order valence-electron chi connectivity index (χ1n) is 9.81. The zero-order chi connectivity index (χ0) is 21.1. The van der Waals surface area contributed by atoms with Crippen LogP contribution >= 0.6 is 0 Å². The molecule has 0 saturated carbocycles. The van der Waals surface area contributed by atoms with Crippen LogP contribution in [0.5, 0.6) is 0 Å². The fourth-order valence-corrected chi connectivity index (χ4v) is 4.10. The molecule has 6 rings (SSSR count). The molecule has 0 radical (unpaired) electrons. The summed E-state index contributed by atoms with van der Waals surface area (Å²) in [5, 5.41) is 1.86. The quantitative estimate of drug-likeness (QED) is 0.310. The third-order valence-corrected chi connectivity index (χ3v) is 5.67. The Kier molecular flexibility index (Phi) is 3.58. The van der Waals surface area contributed by atoms with Gasteiger partial charge in [0.15, 0.2) is 11.6 Å². The summed E-state index contributed by atoms with van der Waals surface area (Å²) in [4.78, 5) is 34.6. The van der Waals surface area contributed by atoms with E-state index in [1.54, 1.807) is 30.6 Å². The molecule has 1 aliphatic carbocycles. The summed E-state index contributed by atoms with van der Waals surface area (Å²) < 4.78 is 7.75. The molecule has 31 heavy (non-hydrogen) atoms. The Morgan fingerprint density at radius 3 is 2.26 bits per heavy atom. The number of hydrogen-bond acceptors (Lipinski definition) is 5. The van der Waals surface area contributed by atoms with Crippen molar-refractivity contribution in [1.82, 2.24) is 14.5 Å². The number of furan rings is 1. The zero-order valence-electron chi connectivity index (χ0n) is 16.5. The summed E-state index contributed by atoms with van der Waals surface area (Å²) in [5.41, 5.74) is 3.06. The van der Waals surface area contributed by atoms with E-state index in [1.807, 2.05) is 48.0 Å². The number of Topliss-reactive ketones (excluding diaryl/α,β-unsaturated/α-hetero) is 2. The predicted molar refractivity (Wildman–Crippen MR) is 117 cm³/mol.